The van der Waals surface area contributed by atoms with Gasteiger partial charge >= 0.3 is 12.1 Å². The molecule has 2 aliphatic heterocycles. The van der Waals surface area contributed by atoms with E-state index in [0.29, 0.717) is 23.9 Å². The van der Waals surface area contributed by atoms with Crippen LogP contribution in [0.4, 0.5) is 30.8 Å². The minimum atomic E-state index is -4.62. The van der Waals surface area contributed by atoms with Crippen LogP contribution in [0.15, 0.2) is 6.20 Å². The second kappa shape index (κ2) is 8.36. The van der Waals surface area contributed by atoms with Gasteiger partial charge in [-0.2, -0.15) is 23.3 Å². The number of hydrogen-bond donors (Lipinski definition) is 2. The Hall–Kier alpha value is -3.09. The van der Waals surface area contributed by atoms with Crippen molar-refractivity contribution in [1.29, 1.82) is 0 Å². The molecule has 10 nitrogen and oxygen atoms in total. The Bertz CT molecular complexity index is 1060. The van der Waals surface area contributed by atoms with Crippen LogP contribution in [0.1, 0.15) is 37.1 Å². The number of hydrogen-bond acceptors (Lipinski definition) is 9. The summed E-state index contributed by atoms with van der Waals surface area (Å²) in [5.74, 6) is -0.316. The summed E-state index contributed by atoms with van der Waals surface area (Å²) in [4.78, 5) is 20.2. The number of carbonyl (C=O) groups is 1. The molecular weight excluding hydrogens is 445 g/mol. The Morgan fingerprint density at radius 2 is 2.12 bits per heavy atom. The fourth-order valence-electron chi connectivity index (χ4n) is 3.93. The van der Waals surface area contributed by atoms with Crippen molar-refractivity contribution in [1.82, 2.24) is 19.7 Å². The number of rotatable bonds is 4. The average molecular weight is 468 g/mol. The number of alkyl halides is 3. The molecule has 1 saturated carbocycles. The van der Waals surface area contributed by atoms with Gasteiger partial charge in [0.2, 0.25) is 5.95 Å². The van der Waals surface area contributed by atoms with Crippen LogP contribution in [0, 0.1) is 5.92 Å². The monoisotopic (exact) mass is 468 g/mol. The van der Waals surface area contributed by atoms with Gasteiger partial charge in [-0.05, 0) is 19.8 Å². The van der Waals surface area contributed by atoms with Crippen molar-refractivity contribution < 1.29 is 32.2 Å². The highest BCUT2D eigenvalue weighted by Crippen LogP contribution is 2.43. The number of nitrogens with zero attached hydrogens (tertiary/aromatic N) is 4. The van der Waals surface area contributed by atoms with Gasteiger partial charge in [-0.15, -0.1) is 0 Å². The first-order valence-corrected chi connectivity index (χ1v) is 10.8. The molecule has 2 N–H and O–H groups in total. The second-order valence-electron chi connectivity index (χ2n) is 8.22. The van der Waals surface area contributed by atoms with E-state index in [0.717, 1.165) is 19.0 Å². The summed E-state index contributed by atoms with van der Waals surface area (Å²) in [6.07, 6.45) is -2.21. The summed E-state index contributed by atoms with van der Waals surface area (Å²) in [5.41, 5.74) is -0.574. The van der Waals surface area contributed by atoms with Crippen LogP contribution in [0.3, 0.4) is 0 Å². The number of aromatic nitrogens is 4. The summed E-state index contributed by atoms with van der Waals surface area (Å²) < 4.78 is 59.1. The molecule has 0 radical (unpaired) electrons. The van der Waals surface area contributed by atoms with Gasteiger partial charge in [0.25, 0.3) is 0 Å². The highest BCUT2D eigenvalue weighted by molar-refractivity contribution is 5.75. The molecule has 2 aromatic heterocycles. The van der Waals surface area contributed by atoms with E-state index in [2.05, 4.69) is 25.7 Å². The summed E-state index contributed by atoms with van der Waals surface area (Å²) >= 11 is 0. The number of anilines is 3. The van der Waals surface area contributed by atoms with Crippen molar-refractivity contribution in [3.05, 3.63) is 17.5 Å². The molecular formula is C20H23F3N6O4. The highest BCUT2D eigenvalue weighted by Gasteiger charge is 2.39. The third-order valence-electron chi connectivity index (χ3n) is 5.73. The minimum Gasteiger partial charge on any atom is -0.487 e. The molecule has 4 heterocycles. The van der Waals surface area contributed by atoms with E-state index >= 15 is 0 Å². The third-order valence-corrected chi connectivity index (χ3v) is 5.73. The van der Waals surface area contributed by atoms with Gasteiger partial charge in [-0.3, -0.25) is 4.79 Å². The molecule has 3 aliphatic rings. The molecule has 0 aromatic carbocycles. The summed E-state index contributed by atoms with van der Waals surface area (Å²) in [5, 5.41) is 10.4. The lowest BCUT2D eigenvalue weighted by molar-refractivity contribution is -0.142. The summed E-state index contributed by atoms with van der Waals surface area (Å²) in [7, 11) is 0. The molecule has 2 fully saturated rings. The van der Waals surface area contributed by atoms with Gasteiger partial charge in [-0.25, -0.2) is 9.67 Å². The molecule has 5 rings (SSSR count). The van der Waals surface area contributed by atoms with E-state index in [-0.39, 0.29) is 50.0 Å². The predicted octanol–water partition coefficient (Wildman–Crippen LogP) is 2.70. The lowest BCUT2D eigenvalue weighted by atomic mass is 10.0. The number of halogens is 3. The number of fused-ring (bicyclic) bond motifs is 4. The zero-order valence-corrected chi connectivity index (χ0v) is 17.8. The van der Waals surface area contributed by atoms with E-state index in [4.69, 9.17) is 14.2 Å². The van der Waals surface area contributed by atoms with Crippen LogP contribution in [0.5, 0.6) is 5.75 Å². The Labute approximate surface area is 186 Å². The molecule has 2 atom stereocenters. The van der Waals surface area contributed by atoms with Crippen molar-refractivity contribution in [3.63, 3.8) is 0 Å². The standard InChI is InChI=1S/C20H23F3N6O4/c1-2-32-15(30)5-13-16-18(29(28-13)11-3-4-11)27-19-24-6-12(20(21,22)23)17(26-19)25-14-9-31-7-10(14)8-33-16/h6,10-11,14H,2-5,7-9H2,1H3,(H2,24,25,26,27)/t10-,14+/m0/s1. The maximum Gasteiger partial charge on any atom is 0.421 e. The highest BCUT2D eigenvalue weighted by atomic mass is 19.4. The lowest BCUT2D eigenvalue weighted by Gasteiger charge is -2.21. The third kappa shape index (κ3) is 4.41. The van der Waals surface area contributed by atoms with Gasteiger partial charge in [0.1, 0.15) is 17.1 Å². The van der Waals surface area contributed by atoms with Crippen LogP contribution in [0.2, 0.25) is 0 Å². The zero-order valence-electron chi connectivity index (χ0n) is 17.8. The van der Waals surface area contributed by atoms with Crippen LogP contribution in [-0.2, 0) is 26.9 Å². The first-order valence-electron chi connectivity index (χ1n) is 10.8. The molecule has 1 aliphatic carbocycles. The van der Waals surface area contributed by atoms with E-state index in [9.17, 15) is 18.0 Å². The van der Waals surface area contributed by atoms with E-state index in [1.807, 2.05) is 0 Å². The smallest absolute Gasteiger partial charge is 0.421 e. The van der Waals surface area contributed by atoms with E-state index in [1.54, 1.807) is 11.6 Å². The van der Waals surface area contributed by atoms with Gasteiger partial charge in [0, 0.05) is 12.1 Å². The van der Waals surface area contributed by atoms with Crippen LogP contribution >= 0.6 is 0 Å². The lowest BCUT2D eigenvalue weighted by Crippen LogP contribution is -2.33. The fourth-order valence-corrected chi connectivity index (χ4v) is 3.93. The Kier molecular flexibility index (Phi) is 5.51. The molecule has 13 heteroatoms. The van der Waals surface area contributed by atoms with Crippen LogP contribution < -0.4 is 15.4 Å². The van der Waals surface area contributed by atoms with E-state index in [1.165, 1.54) is 0 Å². The number of nitrogens with one attached hydrogen (secondary N) is 2. The van der Waals surface area contributed by atoms with Crippen LogP contribution in [-0.4, -0.2) is 58.2 Å². The van der Waals surface area contributed by atoms with Gasteiger partial charge < -0.3 is 24.8 Å². The van der Waals surface area contributed by atoms with Gasteiger partial charge in [0.15, 0.2) is 11.6 Å². The minimum absolute atomic E-state index is 0.0443. The Morgan fingerprint density at radius 1 is 1.30 bits per heavy atom. The SMILES string of the molecule is CCOC(=O)Cc1nn(C2CC2)c2c1OC[C@@H]1COC[C@H]1Nc1nc(ncc1C(F)(F)F)N2. The van der Waals surface area contributed by atoms with Gasteiger partial charge in [-0.1, -0.05) is 0 Å². The summed E-state index contributed by atoms with van der Waals surface area (Å²) in [6.45, 7) is 2.63. The molecule has 2 bridgehead atoms. The quantitative estimate of drug-likeness (QED) is 0.654. The molecule has 1 saturated heterocycles. The van der Waals surface area contributed by atoms with E-state index < -0.39 is 23.8 Å². The Morgan fingerprint density at radius 3 is 2.85 bits per heavy atom. The van der Waals surface area contributed by atoms with Gasteiger partial charge in [0.05, 0.1) is 44.9 Å². The zero-order chi connectivity index (χ0) is 23.2. The van der Waals surface area contributed by atoms with Crippen molar-refractivity contribution >= 4 is 23.6 Å². The topological polar surface area (TPSA) is 112 Å². The maximum atomic E-state index is 13.6. The Balaban J connectivity index is 1.59. The normalized spacial score (nSPS) is 22.2. The molecule has 0 spiro atoms. The van der Waals surface area contributed by atoms with Crippen molar-refractivity contribution in [3.8, 4) is 5.75 Å². The maximum absolute atomic E-state index is 13.6. The number of carbonyl (C=O) groups excluding carboxylic acids is 1. The van der Waals surface area contributed by atoms with Crippen LogP contribution in [0.25, 0.3) is 0 Å². The van der Waals surface area contributed by atoms with Crippen molar-refractivity contribution in [2.45, 2.75) is 44.4 Å². The molecule has 0 amide bonds. The number of ether oxygens (including phenoxy) is 3. The van der Waals surface area contributed by atoms with Crippen molar-refractivity contribution in [2.75, 3.05) is 37.1 Å². The molecule has 2 aromatic rings. The first kappa shape index (κ1) is 21.7. The molecule has 33 heavy (non-hydrogen) atoms. The summed E-state index contributed by atoms with van der Waals surface area (Å²) in [6, 6.07) is -0.354. The average Bonchev–Trinajstić information content (AvgIpc) is 3.42. The first-order chi connectivity index (χ1) is 15.8. The molecule has 0 unspecified atom stereocenters. The largest absolute Gasteiger partial charge is 0.487 e. The van der Waals surface area contributed by atoms with Crippen molar-refractivity contribution in [2.24, 2.45) is 5.92 Å². The molecule has 178 valence electrons. The predicted molar refractivity (Wildman–Crippen MR) is 108 cm³/mol. The number of esters is 1. The second-order valence-corrected chi connectivity index (χ2v) is 8.22. The fraction of sp³-hybridized carbons (Fsp3) is 0.600.